The van der Waals surface area contributed by atoms with Crippen LogP contribution in [0.2, 0.25) is 10.0 Å². The number of hydrogen-bond acceptors (Lipinski definition) is 2. The van der Waals surface area contributed by atoms with Crippen LogP contribution in [0.4, 0.5) is 0 Å². The summed E-state index contributed by atoms with van der Waals surface area (Å²) in [6.07, 6.45) is 4.77. The number of rotatable bonds is 1. The average Bonchev–Trinajstić information content (AvgIpc) is 2.56. The van der Waals surface area contributed by atoms with E-state index < -0.39 is 0 Å². The third-order valence-electron chi connectivity index (χ3n) is 4.61. The van der Waals surface area contributed by atoms with Crippen LogP contribution < -0.4 is 0 Å². The van der Waals surface area contributed by atoms with Gasteiger partial charge in [0, 0.05) is 18.2 Å². The smallest absolute Gasteiger partial charge is 0.120 e. The Hall–Kier alpha value is -0.440. The molecule has 4 heteroatoms. The minimum atomic E-state index is 0.290. The fourth-order valence-corrected chi connectivity index (χ4v) is 3.87. The standard InChI is InChI=1S/C14H17Cl2NO/c1-17-9-2-3-10(17)5-8(4-9)11-6-12(15)13(16)7-14(11)18/h6-10,18H,2-5H2,1H3/t8-,9+,10-. The van der Waals surface area contributed by atoms with Crippen LogP contribution in [-0.2, 0) is 0 Å². The first kappa shape index (κ1) is 12.6. The molecule has 0 amide bonds. The second-order valence-corrected chi connectivity index (χ2v) is 6.36. The van der Waals surface area contributed by atoms with Crippen LogP contribution in [0.3, 0.4) is 0 Å². The first-order chi connectivity index (χ1) is 8.56. The van der Waals surface area contributed by atoms with Crippen molar-refractivity contribution < 1.29 is 5.11 Å². The zero-order valence-corrected chi connectivity index (χ0v) is 11.9. The predicted molar refractivity (Wildman–Crippen MR) is 74.7 cm³/mol. The zero-order valence-electron chi connectivity index (χ0n) is 10.4. The van der Waals surface area contributed by atoms with E-state index in [1.807, 2.05) is 6.07 Å². The number of hydrogen-bond donors (Lipinski definition) is 1. The molecule has 1 N–H and O–H groups in total. The number of halogens is 2. The number of aromatic hydroxyl groups is 1. The van der Waals surface area contributed by atoms with E-state index in [1.54, 1.807) is 6.07 Å². The molecule has 0 saturated carbocycles. The summed E-state index contributed by atoms with van der Waals surface area (Å²) in [4.78, 5) is 2.49. The Balaban J connectivity index is 1.90. The Kier molecular flexibility index (Phi) is 3.21. The molecule has 2 fully saturated rings. The number of phenolic OH excluding ortho intramolecular Hbond substituents is 1. The van der Waals surface area contributed by atoms with Crippen molar-refractivity contribution in [1.29, 1.82) is 0 Å². The summed E-state index contributed by atoms with van der Waals surface area (Å²) >= 11 is 12.0. The minimum absolute atomic E-state index is 0.290. The molecule has 2 nitrogen and oxygen atoms in total. The lowest BCUT2D eigenvalue weighted by Crippen LogP contribution is -2.39. The highest BCUT2D eigenvalue weighted by molar-refractivity contribution is 6.42. The van der Waals surface area contributed by atoms with Crippen molar-refractivity contribution in [3.05, 3.63) is 27.7 Å². The molecule has 3 atom stereocenters. The van der Waals surface area contributed by atoms with E-state index in [1.165, 1.54) is 12.8 Å². The van der Waals surface area contributed by atoms with Crippen LogP contribution in [0.25, 0.3) is 0 Å². The lowest BCUT2D eigenvalue weighted by atomic mass is 9.85. The highest BCUT2D eigenvalue weighted by atomic mass is 35.5. The summed E-state index contributed by atoms with van der Waals surface area (Å²) in [7, 11) is 2.22. The van der Waals surface area contributed by atoms with Crippen molar-refractivity contribution in [2.75, 3.05) is 7.05 Å². The van der Waals surface area contributed by atoms with Gasteiger partial charge in [0.05, 0.1) is 10.0 Å². The van der Waals surface area contributed by atoms with Crippen molar-refractivity contribution in [2.24, 2.45) is 0 Å². The van der Waals surface area contributed by atoms with Gasteiger partial charge in [-0.3, -0.25) is 0 Å². The van der Waals surface area contributed by atoms with Gasteiger partial charge in [-0.2, -0.15) is 0 Å². The Morgan fingerprint density at radius 3 is 2.28 bits per heavy atom. The van der Waals surface area contributed by atoms with E-state index in [9.17, 15) is 5.11 Å². The Labute approximate surface area is 117 Å². The first-order valence-electron chi connectivity index (χ1n) is 6.46. The summed E-state index contributed by atoms with van der Waals surface area (Å²) in [6.45, 7) is 0. The maximum atomic E-state index is 10.1. The van der Waals surface area contributed by atoms with Crippen LogP contribution in [0.5, 0.6) is 5.75 Å². The number of piperidine rings is 1. The monoisotopic (exact) mass is 285 g/mol. The molecule has 3 rings (SSSR count). The fraction of sp³-hybridized carbons (Fsp3) is 0.571. The summed E-state index contributed by atoms with van der Waals surface area (Å²) < 4.78 is 0. The quantitative estimate of drug-likeness (QED) is 0.842. The predicted octanol–water partition coefficient (Wildman–Crippen LogP) is 4.04. The molecular formula is C14H17Cl2NO. The molecule has 2 saturated heterocycles. The summed E-state index contributed by atoms with van der Waals surface area (Å²) in [6, 6.07) is 4.72. The third kappa shape index (κ3) is 2.01. The van der Waals surface area contributed by atoms with Crippen LogP contribution in [0, 0.1) is 0 Å². The Morgan fingerprint density at radius 2 is 1.67 bits per heavy atom. The molecule has 98 valence electrons. The molecule has 0 radical (unpaired) electrons. The summed E-state index contributed by atoms with van der Waals surface area (Å²) in [5.74, 6) is 0.701. The molecule has 2 heterocycles. The van der Waals surface area contributed by atoms with E-state index in [4.69, 9.17) is 23.2 Å². The molecule has 2 aliphatic heterocycles. The average molecular weight is 286 g/mol. The topological polar surface area (TPSA) is 23.5 Å². The number of benzene rings is 1. The molecule has 2 bridgehead atoms. The molecule has 1 aromatic carbocycles. The fourth-order valence-electron chi connectivity index (χ4n) is 3.54. The van der Waals surface area contributed by atoms with E-state index in [0.717, 1.165) is 18.4 Å². The lowest BCUT2D eigenvalue weighted by molar-refractivity contribution is 0.160. The zero-order chi connectivity index (χ0) is 12.9. The maximum Gasteiger partial charge on any atom is 0.120 e. The van der Waals surface area contributed by atoms with E-state index in [0.29, 0.717) is 33.8 Å². The largest absolute Gasteiger partial charge is 0.508 e. The molecule has 0 aromatic heterocycles. The second-order valence-electron chi connectivity index (χ2n) is 5.54. The first-order valence-corrected chi connectivity index (χ1v) is 7.21. The molecule has 18 heavy (non-hydrogen) atoms. The number of fused-ring (bicyclic) bond motifs is 2. The summed E-state index contributed by atoms with van der Waals surface area (Å²) in [5.41, 5.74) is 0.967. The van der Waals surface area contributed by atoms with Gasteiger partial charge < -0.3 is 10.0 Å². The van der Waals surface area contributed by atoms with E-state index >= 15 is 0 Å². The van der Waals surface area contributed by atoms with Crippen molar-refractivity contribution in [2.45, 2.75) is 43.7 Å². The number of nitrogens with zero attached hydrogens (tertiary/aromatic N) is 1. The van der Waals surface area contributed by atoms with Gasteiger partial charge in [-0.05, 0) is 50.3 Å². The van der Waals surface area contributed by atoms with Gasteiger partial charge >= 0.3 is 0 Å². The van der Waals surface area contributed by atoms with Gasteiger partial charge in [-0.15, -0.1) is 0 Å². The maximum absolute atomic E-state index is 10.1. The van der Waals surface area contributed by atoms with Crippen LogP contribution in [0.15, 0.2) is 12.1 Å². The van der Waals surface area contributed by atoms with Crippen molar-refractivity contribution in [3.8, 4) is 5.75 Å². The van der Waals surface area contributed by atoms with Crippen molar-refractivity contribution in [1.82, 2.24) is 4.90 Å². The van der Waals surface area contributed by atoms with Crippen LogP contribution >= 0.6 is 23.2 Å². The second kappa shape index (κ2) is 4.59. The molecule has 0 aliphatic carbocycles. The van der Waals surface area contributed by atoms with Gasteiger partial charge in [0.1, 0.15) is 5.75 Å². The normalized spacial score (nSPS) is 31.8. The summed E-state index contributed by atoms with van der Waals surface area (Å²) in [5, 5.41) is 11.0. The van der Waals surface area contributed by atoms with Gasteiger partial charge in [0.25, 0.3) is 0 Å². The van der Waals surface area contributed by atoms with Crippen LogP contribution in [-0.4, -0.2) is 29.1 Å². The van der Waals surface area contributed by atoms with E-state index in [-0.39, 0.29) is 0 Å². The Morgan fingerprint density at radius 1 is 1.11 bits per heavy atom. The van der Waals surface area contributed by atoms with Gasteiger partial charge in [-0.1, -0.05) is 23.2 Å². The van der Waals surface area contributed by atoms with Crippen molar-refractivity contribution >= 4 is 23.2 Å². The number of phenols is 1. The molecule has 2 aliphatic rings. The molecule has 0 unspecified atom stereocenters. The van der Waals surface area contributed by atoms with Gasteiger partial charge in [0.15, 0.2) is 0 Å². The molecular weight excluding hydrogens is 269 g/mol. The highest BCUT2D eigenvalue weighted by Crippen LogP contribution is 2.45. The minimum Gasteiger partial charge on any atom is -0.508 e. The van der Waals surface area contributed by atoms with Crippen LogP contribution in [0.1, 0.15) is 37.2 Å². The van der Waals surface area contributed by atoms with Crippen molar-refractivity contribution in [3.63, 3.8) is 0 Å². The lowest BCUT2D eigenvalue weighted by Gasteiger charge is -2.36. The molecule has 0 spiro atoms. The SMILES string of the molecule is CN1[C@@H]2CC[C@H]1C[C@@H](c1cc(Cl)c(Cl)cc1O)C2. The van der Waals surface area contributed by atoms with Gasteiger partial charge in [-0.25, -0.2) is 0 Å². The highest BCUT2D eigenvalue weighted by Gasteiger charge is 2.39. The van der Waals surface area contributed by atoms with Gasteiger partial charge in [0.2, 0.25) is 0 Å². The third-order valence-corrected chi connectivity index (χ3v) is 5.33. The molecule has 1 aromatic rings. The Bertz CT molecular complexity index is 463. The van der Waals surface area contributed by atoms with E-state index in [2.05, 4.69) is 11.9 Å².